The van der Waals surface area contributed by atoms with Crippen molar-refractivity contribution in [3.8, 4) is 11.1 Å². The number of likely N-dealkylation sites (N-methyl/N-ethyl adjacent to an activating group) is 1. The highest BCUT2D eigenvalue weighted by atomic mass is 16.2. The Morgan fingerprint density at radius 1 is 1.07 bits per heavy atom. The number of amides is 1. The van der Waals surface area contributed by atoms with Crippen LogP contribution in [0.4, 0.5) is 5.82 Å². The van der Waals surface area contributed by atoms with Gasteiger partial charge in [-0.2, -0.15) is 5.10 Å². The number of fused-ring (bicyclic) bond motifs is 1. The summed E-state index contributed by atoms with van der Waals surface area (Å²) in [7, 11) is 4.02. The number of hydrogen-bond acceptors (Lipinski definition) is 5. The monoisotopic (exact) mass is 378 g/mol. The lowest BCUT2D eigenvalue weighted by atomic mass is 10.0. The molecule has 1 saturated heterocycles. The Morgan fingerprint density at radius 3 is 2.57 bits per heavy atom. The predicted octanol–water partition coefficient (Wildman–Crippen LogP) is 2.13. The molecule has 0 bridgehead atoms. The first-order valence-electron chi connectivity index (χ1n) is 9.58. The Balaban J connectivity index is 1.52. The van der Waals surface area contributed by atoms with Crippen LogP contribution in [-0.4, -0.2) is 70.2 Å². The number of carbonyl (C=O) groups excluding carboxylic acids is 1. The van der Waals surface area contributed by atoms with Crippen molar-refractivity contribution < 1.29 is 4.79 Å². The predicted molar refractivity (Wildman–Crippen MR) is 111 cm³/mol. The van der Waals surface area contributed by atoms with Crippen LogP contribution in [0.1, 0.15) is 5.56 Å². The Kier molecular flexibility index (Phi) is 5.11. The van der Waals surface area contributed by atoms with Crippen LogP contribution in [0.3, 0.4) is 0 Å². The van der Waals surface area contributed by atoms with Gasteiger partial charge in [-0.25, -0.2) is 4.98 Å². The summed E-state index contributed by atoms with van der Waals surface area (Å²) in [6.07, 6.45) is 5.70. The van der Waals surface area contributed by atoms with E-state index in [1.54, 1.807) is 4.68 Å². The maximum Gasteiger partial charge on any atom is 0.239 e. The van der Waals surface area contributed by atoms with Crippen LogP contribution in [0, 0.1) is 6.92 Å². The number of rotatable bonds is 4. The fourth-order valence-electron chi connectivity index (χ4n) is 3.64. The van der Waals surface area contributed by atoms with E-state index in [0.29, 0.717) is 12.4 Å². The number of carbonyl (C=O) groups is 1. The first kappa shape index (κ1) is 18.6. The Morgan fingerprint density at radius 2 is 1.86 bits per heavy atom. The van der Waals surface area contributed by atoms with Gasteiger partial charge in [0.15, 0.2) is 0 Å². The molecule has 2 aromatic heterocycles. The Labute approximate surface area is 165 Å². The van der Waals surface area contributed by atoms with Crippen LogP contribution in [0.5, 0.6) is 0 Å². The standard InChI is InChI=1S/C21H26N6O/c1-15-8-16(18-11-23-26(3)13-18)9-17-10-20(22-12-19(15)17)24-21(28)14-27-6-4-25(2)5-7-27/h8-13H,4-7,14H2,1-3H3,(H,22,24,28). The fourth-order valence-corrected chi connectivity index (χ4v) is 3.64. The topological polar surface area (TPSA) is 66.3 Å². The molecule has 1 fully saturated rings. The van der Waals surface area contributed by atoms with Crippen molar-refractivity contribution in [3.63, 3.8) is 0 Å². The third kappa shape index (κ3) is 4.05. The molecule has 0 radical (unpaired) electrons. The van der Waals surface area contributed by atoms with Crippen LogP contribution in [0.25, 0.3) is 21.9 Å². The zero-order chi connectivity index (χ0) is 19.7. The highest BCUT2D eigenvalue weighted by Gasteiger charge is 2.17. The summed E-state index contributed by atoms with van der Waals surface area (Å²) >= 11 is 0. The fraction of sp³-hybridized carbons (Fsp3) is 0.381. The quantitative estimate of drug-likeness (QED) is 0.753. The van der Waals surface area contributed by atoms with E-state index in [2.05, 4.69) is 51.3 Å². The molecule has 4 rings (SSSR count). The smallest absolute Gasteiger partial charge is 0.239 e. The average molecular weight is 378 g/mol. The molecule has 28 heavy (non-hydrogen) atoms. The minimum absolute atomic E-state index is 0.0171. The number of hydrogen-bond donors (Lipinski definition) is 1. The van der Waals surface area contributed by atoms with E-state index >= 15 is 0 Å². The number of benzene rings is 1. The molecule has 0 aliphatic carbocycles. The maximum atomic E-state index is 12.4. The van der Waals surface area contributed by atoms with Crippen molar-refractivity contribution >= 4 is 22.5 Å². The molecule has 1 aromatic carbocycles. The summed E-state index contributed by atoms with van der Waals surface area (Å²) in [4.78, 5) is 21.3. The Bertz CT molecular complexity index is 1000. The molecule has 1 N–H and O–H groups in total. The van der Waals surface area contributed by atoms with Gasteiger partial charge in [-0.3, -0.25) is 14.4 Å². The molecule has 7 nitrogen and oxygen atoms in total. The minimum Gasteiger partial charge on any atom is -0.310 e. The summed E-state index contributed by atoms with van der Waals surface area (Å²) in [5.74, 6) is 0.575. The van der Waals surface area contributed by atoms with Crippen molar-refractivity contribution in [1.29, 1.82) is 0 Å². The first-order valence-corrected chi connectivity index (χ1v) is 9.58. The van der Waals surface area contributed by atoms with Gasteiger partial charge in [-0.05, 0) is 42.6 Å². The Hall–Kier alpha value is -2.77. The van der Waals surface area contributed by atoms with E-state index in [0.717, 1.165) is 53.6 Å². The zero-order valence-corrected chi connectivity index (χ0v) is 16.6. The van der Waals surface area contributed by atoms with Gasteiger partial charge >= 0.3 is 0 Å². The molecule has 1 amide bonds. The third-order valence-electron chi connectivity index (χ3n) is 5.31. The first-order chi connectivity index (χ1) is 13.5. The van der Waals surface area contributed by atoms with Gasteiger partial charge in [0.2, 0.25) is 5.91 Å². The molecule has 146 valence electrons. The van der Waals surface area contributed by atoms with E-state index in [1.807, 2.05) is 31.7 Å². The lowest BCUT2D eigenvalue weighted by molar-refractivity contribution is -0.117. The summed E-state index contributed by atoms with van der Waals surface area (Å²) in [5.41, 5.74) is 3.34. The number of aromatic nitrogens is 3. The van der Waals surface area contributed by atoms with E-state index in [-0.39, 0.29) is 5.91 Å². The maximum absolute atomic E-state index is 12.4. The average Bonchev–Trinajstić information content (AvgIpc) is 3.10. The summed E-state index contributed by atoms with van der Waals surface area (Å²) in [6.45, 7) is 6.32. The molecule has 3 aromatic rings. The zero-order valence-electron chi connectivity index (χ0n) is 16.6. The summed E-state index contributed by atoms with van der Waals surface area (Å²) in [6, 6.07) is 6.22. The molecule has 3 heterocycles. The number of anilines is 1. The largest absolute Gasteiger partial charge is 0.310 e. The highest BCUT2D eigenvalue weighted by molar-refractivity contribution is 5.95. The molecule has 7 heteroatoms. The van der Waals surface area contributed by atoms with E-state index in [1.165, 1.54) is 0 Å². The molecular formula is C21H26N6O. The van der Waals surface area contributed by atoms with Gasteiger partial charge < -0.3 is 10.2 Å². The van der Waals surface area contributed by atoms with Gasteiger partial charge in [0.25, 0.3) is 0 Å². The van der Waals surface area contributed by atoms with Gasteiger partial charge in [0, 0.05) is 56.6 Å². The van der Waals surface area contributed by atoms with Crippen LogP contribution in [0.15, 0.2) is 36.8 Å². The van der Waals surface area contributed by atoms with Gasteiger partial charge in [-0.1, -0.05) is 6.07 Å². The van der Waals surface area contributed by atoms with Crippen LogP contribution in [0.2, 0.25) is 0 Å². The number of nitrogens with zero attached hydrogens (tertiary/aromatic N) is 5. The molecule has 0 atom stereocenters. The van der Waals surface area contributed by atoms with Crippen molar-refractivity contribution in [1.82, 2.24) is 24.6 Å². The number of pyridine rings is 1. The molecule has 1 aliphatic heterocycles. The van der Waals surface area contributed by atoms with Crippen LogP contribution >= 0.6 is 0 Å². The van der Waals surface area contributed by atoms with Gasteiger partial charge in [-0.15, -0.1) is 0 Å². The third-order valence-corrected chi connectivity index (χ3v) is 5.31. The second kappa shape index (κ2) is 7.69. The van der Waals surface area contributed by atoms with Gasteiger partial charge in [0.05, 0.1) is 12.7 Å². The number of piperazine rings is 1. The van der Waals surface area contributed by atoms with Crippen molar-refractivity contribution in [2.45, 2.75) is 6.92 Å². The van der Waals surface area contributed by atoms with E-state index < -0.39 is 0 Å². The highest BCUT2D eigenvalue weighted by Crippen LogP contribution is 2.28. The summed E-state index contributed by atoms with van der Waals surface area (Å²) < 4.78 is 1.80. The second-order valence-electron chi connectivity index (χ2n) is 7.61. The minimum atomic E-state index is -0.0171. The molecule has 1 aliphatic rings. The molecule has 0 spiro atoms. The van der Waals surface area contributed by atoms with E-state index in [4.69, 9.17) is 0 Å². The number of aryl methyl sites for hydroxylation is 2. The SMILES string of the molecule is Cc1cc(-c2cnn(C)c2)cc2cc(NC(=O)CN3CCN(C)CC3)ncc12. The van der Waals surface area contributed by atoms with Crippen LogP contribution in [-0.2, 0) is 11.8 Å². The van der Waals surface area contributed by atoms with Crippen molar-refractivity contribution in [3.05, 3.63) is 42.4 Å². The normalized spacial score (nSPS) is 15.8. The molecular weight excluding hydrogens is 352 g/mol. The summed E-state index contributed by atoms with van der Waals surface area (Å²) in [5, 5.41) is 9.36. The van der Waals surface area contributed by atoms with Crippen molar-refractivity contribution in [2.75, 3.05) is 45.1 Å². The van der Waals surface area contributed by atoms with Crippen LogP contribution < -0.4 is 5.32 Å². The van der Waals surface area contributed by atoms with Crippen molar-refractivity contribution in [2.24, 2.45) is 7.05 Å². The lowest BCUT2D eigenvalue weighted by Crippen LogP contribution is -2.47. The molecule has 0 unspecified atom stereocenters. The number of nitrogens with one attached hydrogen (secondary N) is 1. The van der Waals surface area contributed by atoms with E-state index in [9.17, 15) is 4.79 Å². The van der Waals surface area contributed by atoms with Gasteiger partial charge in [0.1, 0.15) is 5.82 Å². The molecule has 0 saturated carbocycles. The lowest BCUT2D eigenvalue weighted by Gasteiger charge is -2.31. The second-order valence-corrected chi connectivity index (χ2v) is 7.61.